The SMILES string of the molecule is CC(CN)N(C)C(=O)c1csc2c1CCCC2.Cl. The topological polar surface area (TPSA) is 46.3 Å². The van der Waals surface area contributed by atoms with Crippen LogP contribution in [0.3, 0.4) is 0 Å². The first-order valence-electron chi connectivity index (χ1n) is 6.21. The summed E-state index contributed by atoms with van der Waals surface area (Å²) in [5.74, 6) is 0.127. The van der Waals surface area contributed by atoms with Gasteiger partial charge in [-0.2, -0.15) is 0 Å². The lowest BCUT2D eigenvalue weighted by molar-refractivity contribution is 0.0747. The quantitative estimate of drug-likeness (QED) is 0.929. The van der Waals surface area contributed by atoms with Crippen molar-refractivity contribution in [3.05, 3.63) is 21.4 Å². The Balaban J connectivity index is 0.00000162. The Labute approximate surface area is 119 Å². The van der Waals surface area contributed by atoms with Crippen LogP contribution in [0, 0.1) is 0 Å². The molecule has 1 aliphatic carbocycles. The summed E-state index contributed by atoms with van der Waals surface area (Å²) in [6.45, 7) is 2.49. The van der Waals surface area contributed by atoms with E-state index in [0.717, 1.165) is 18.4 Å². The second kappa shape index (κ2) is 6.55. The third-order valence-corrected chi connectivity index (χ3v) is 4.70. The molecule has 18 heavy (non-hydrogen) atoms. The molecule has 0 saturated heterocycles. The highest BCUT2D eigenvalue weighted by Crippen LogP contribution is 2.30. The van der Waals surface area contributed by atoms with Crippen LogP contribution in [0.5, 0.6) is 0 Å². The van der Waals surface area contributed by atoms with Gasteiger partial charge in [0.1, 0.15) is 0 Å². The van der Waals surface area contributed by atoms with E-state index in [1.807, 2.05) is 19.4 Å². The fourth-order valence-electron chi connectivity index (χ4n) is 2.22. The van der Waals surface area contributed by atoms with Crippen molar-refractivity contribution in [2.45, 2.75) is 38.6 Å². The van der Waals surface area contributed by atoms with Gasteiger partial charge in [-0.25, -0.2) is 0 Å². The fourth-order valence-corrected chi connectivity index (χ4v) is 3.34. The van der Waals surface area contributed by atoms with Crippen molar-refractivity contribution in [1.82, 2.24) is 4.90 Å². The number of carbonyl (C=O) groups is 1. The van der Waals surface area contributed by atoms with Gasteiger partial charge in [0.05, 0.1) is 5.56 Å². The molecular formula is C13H21ClN2OS. The zero-order chi connectivity index (χ0) is 12.4. The molecule has 2 N–H and O–H groups in total. The summed E-state index contributed by atoms with van der Waals surface area (Å²) >= 11 is 1.74. The van der Waals surface area contributed by atoms with Gasteiger partial charge in [0, 0.05) is 29.9 Å². The molecule has 0 bridgehead atoms. The van der Waals surface area contributed by atoms with E-state index in [-0.39, 0.29) is 24.4 Å². The molecule has 1 atom stereocenters. The van der Waals surface area contributed by atoms with Crippen molar-refractivity contribution in [2.24, 2.45) is 5.73 Å². The van der Waals surface area contributed by atoms with Crippen molar-refractivity contribution in [3.8, 4) is 0 Å². The van der Waals surface area contributed by atoms with Crippen molar-refractivity contribution >= 4 is 29.7 Å². The number of rotatable bonds is 3. The third kappa shape index (κ3) is 2.87. The molecule has 0 fully saturated rings. The van der Waals surface area contributed by atoms with E-state index in [4.69, 9.17) is 5.73 Å². The lowest BCUT2D eigenvalue weighted by atomic mass is 9.95. The second-order valence-electron chi connectivity index (χ2n) is 4.76. The molecular weight excluding hydrogens is 268 g/mol. The van der Waals surface area contributed by atoms with Gasteiger partial charge in [0.2, 0.25) is 0 Å². The number of halogens is 1. The zero-order valence-corrected chi connectivity index (χ0v) is 12.6. The monoisotopic (exact) mass is 288 g/mol. The maximum absolute atomic E-state index is 12.4. The van der Waals surface area contributed by atoms with Crippen LogP contribution in [0.4, 0.5) is 0 Å². The third-order valence-electron chi connectivity index (χ3n) is 3.61. The van der Waals surface area contributed by atoms with Crippen LogP contribution in [0.25, 0.3) is 0 Å². The maximum atomic E-state index is 12.4. The maximum Gasteiger partial charge on any atom is 0.255 e. The molecule has 1 amide bonds. The van der Waals surface area contributed by atoms with Gasteiger partial charge in [-0.05, 0) is 38.2 Å². The van der Waals surface area contributed by atoms with Crippen LogP contribution < -0.4 is 5.73 Å². The highest BCUT2D eigenvalue weighted by atomic mass is 35.5. The minimum atomic E-state index is 0. The number of nitrogens with zero attached hydrogens (tertiary/aromatic N) is 1. The lowest BCUT2D eigenvalue weighted by Crippen LogP contribution is -2.39. The van der Waals surface area contributed by atoms with Crippen LogP contribution in [-0.2, 0) is 12.8 Å². The fraction of sp³-hybridized carbons (Fsp3) is 0.615. The van der Waals surface area contributed by atoms with E-state index in [2.05, 4.69) is 0 Å². The molecule has 102 valence electrons. The van der Waals surface area contributed by atoms with Crippen LogP contribution in [0.1, 0.15) is 40.6 Å². The van der Waals surface area contributed by atoms with Crippen LogP contribution in [-0.4, -0.2) is 30.4 Å². The standard InChI is InChI=1S/C13H20N2OS.ClH/c1-9(7-14)15(2)13(16)11-8-17-12-6-4-3-5-10(11)12;/h8-9H,3-7,14H2,1-2H3;1H. The van der Waals surface area contributed by atoms with Gasteiger partial charge < -0.3 is 10.6 Å². The van der Waals surface area contributed by atoms with Gasteiger partial charge in [0.25, 0.3) is 5.91 Å². The van der Waals surface area contributed by atoms with E-state index < -0.39 is 0 Å². The minimum Gasteiger partial charge on any atom is -0.338 e. The van der Waals surface area contributed by atoms with Crippen molar-refractivity contribution in [2.75, 3.05) is 13.6 Å². The molecule has 1 aromatic rings. The Morgan fingerprint density at radius 1 is 1.50 bits per heavy atom. The summed E-state index contributed by atoms with van der Waals surface area (Å²) in [4.78, 5) is 15.5. The first-order valence-corrected chi connectivity index (χ1v) is 7.09. The zero-order valence-electron chi connectivity index (χ0n) is 10.9. The molecule has 1 aromatic heterocycles. The Kier molecular flexibility index (Phi) is 5.63. The van der Waals surface area contributed by atoms with Crippen LogP contribution in [0.2, 0.25) is 0 Å². The van der Waals surface area contributed by atoms with E-state index in [9.17, 15) is 4.79 Å². The molecule has 0 saturated carbocycles. The van der Waals surface area contributed by atoms with Crippen molar-refractivity contribution in [3.63, 3.8) is 0 Å². The number of aryl methyl sites for hydroxylation is 1. The second-order valence-corrected chi connectivity index (χ2v) is 5.72. The number of hydrogen-bond donors (Lipinski definition) is 1. The molecule has 3 nitrogen and oxygen atoms in total. The summed E-state index contributed by atoms with van der Waals surface area (Å²) in [5.41, 5.74) is 7.81. The molecule has 1 aliphatic rings. The van der Waals surface area contributed by atoms with Gasteiger partial charge in [-0.1, -0.05) is 0 Å². The molecule has 5 heteroatoms. The number of fused-ring (bicyclic) bond motifs is 1. The van der Waals surface area contributed by atoms with Gasteiger partial charge >= 0.3 is 0 Å². The summed E-state index contributed by atoms with van der Waals surface area (Å²) in [6.07, 6.45) is 4.67. The van der Waals surface area contributed by atoms with Gasteiger partial charge in [-0.15, -0.1) is 23.7 Å². The highest BCUT2D eigenvalue weighted by Gasteiger charge is 2.23. The smallest absolute Gasteiger partial charge is 0.255 e. The Morgan fingerprint density at radius 2 is 2.17 bits per heavy atom. The number of carbonyl (C=O) groups excluding carboxylic acids is 1. The van der Waals surface area contributed by atoms with Crippen molar-refractivity contribution < 1.29 is 4.79 Å². The van der Waals surface area contributed by atoms with Crippen LogP contribution in [0.15, 0.2) is 5.38 Å². The average Bonchev–Trinajstić information content (AvgIpc) is 2.79. The molecule has 0 aromatic carbocycles. The van der Waals surface area contributed by atoms with E-state index >= 15 is 0 Å². The van der Waals surface area contributed by atoms with E-state index in [1.165, 1.54) is 23.3 Å². The Bertz CT molecular complexity index is 419. The van der Waals surface area contributed by atoms with E-state index in [0.29, 0.717) is 6.54 Å². The average molecular weight is 289 g/mol. The van der Waals surface area contributed by atoms with E-state index in [1.54, 1.807) is 16.2 Å². The summed E-state index contributed by atoms with van der Waals surface area (Å²) in [5, 5.41) is 2.03. The van der Waals surface area contributed by atoms with Crippen molar-refractivity contribution in [1.29, 1.82) is 0 Å². The number of amides is 1. The Morgan fingerprint density at radius 3 is 2.83 bits per heavy atom. The molecule has 1 heterocycles. The molecule has 0 radical (unpaired) electrons. The van der Waals surface area contributed by atoms with Gasteiger partial charge in [-0.3, -0.25) is 4.79 Å². The molecule has 0 aliphatic heterocycles. The number of nitrogens with two attached hydrogens (primary N) is 1. The normalized spacial score (nSPS) is 15.5. The number of likely N-dealkylation sites (N-methyl/N-ethyl adjacent to an activating group) is 1. The largest absolute Gasteiger partial charge is 0.338 e. The first-order chi connectivity index (χ1) is 8.15. The minimum absolute atomic E-state index is 0. The van der Waals surface area contributed by atoms with Gasteiger partial charge in [0.15, 0.2) is 0 Å². The van der Waals surface area contributed by atoms with Crippen LogP contribution >= 0.6 is 23.7 Å². The summed E-state index contributed by atoms with van der Waals surface area (Å²) in [6, 6.07) is 0.0987. The highest BCUT2D eigenvalue weighted by molar-refractivity contribution is 7.10. The first kappa shape index (κ1) is 15.5. The number of hydrogen-bond acceptors (Lipinski definition) is 3. The molecule has 0 spiro atoms. The predicted molar refractivity (Wildman–Crippen MR) is 78.8 cm³/mol. The lowest BCUT2D eigenvalue weighted by Gasteiger charge is -2.24. The molecule has 1 unspecified atom stereocenters. The number of thiophene rings is 1. The summed E-state index contributed by atoms with van der Waals surface area (Å²) < 4.78 is 0. The molecule has 2 rings (SSSR count). The Hall–Kier alpha value is -0.580. The summed E-state index contributed by atoms with van der Waals surface area (Å²) in [7, 11) is 1.84. The predicted octanol–water partition coefficient (Wildman–Crippen LogP) is 2.47.